The molecule has 1 heterocycles. The zero-order valence-electron chi connectivity index (χ0n) is 8.36. The lowest BCUT2D eigenvalue weighted by Crippen LogP contribution is -2.18. The molecule has 7 nitrogen and oxygen atoms in total. The van der Waals surface area contributed by atoms with Crippen molar-refractivity contribution in [2.45, 2.75) is 17.8 Å². The molecule has 98 valence electrons. The van der Waals surface area contributed by atoms with Crippen molar-refractivity contribution in [3.8, 4) is 0 Å². The Labute approximate surface area is 94.2 Å². The molecule has 1 rings (SSSR count). The molecule has 0 unspecified atom stereocenters. The minimum atomic E-state index is -4.40. The fourth-order valence-electron chi connectivity index (χ4n) is 0.874. The highest BCUT2D eigenvalue weighted by Crippen LogP contribution is 2.14. The van der Waals surface area contributed by atoms with Crippen LogP contribution in [0.1, 0.15) is 5.82 Å². The van der Waals surface area contributed by atoms with Gasteiger partial charge in [-0.1, -0.05) is 0 Å². The fraction of sp³-hybridized carbons (Fsp3) is 0.667. The van der Waals surface area contributed by atoms with Crippen LogP contribution in [0.4, 0.5) is 13.2 Å². The van der Waals surface area contributed by atoms with Crippen LogP contribution in [0.25, 0.3) is 0 Å². The van der Waals surface area contributed by atoms with Crippen molar-refractivity contribution in [1.29, 1.82) is 0 Å². The van der Waals surface area contributed by atoms with Gasteiger partial charge in [-0.25, -0.2) is 18.5 Å². The molecule has 1 aromatic heterocycles. The van der Waals surface area contributed by atoms with E-state index in [-0.39, 0.29) is 18.9 Å². The Morgan fingerprint density at radius 1 is 1.41 bits per heavy atom. The van der Waals surface area contributed by atoms with Crippen molar-refractivity contribution >= 4 is 10.0 Å². The molecule has 0 atom stereocenters. The Bertz CT molecular complexity index is 469. The second kappa shape index (κ2) is 4.98. The van der Waals surface area contributed by atoms with Crippen molar-refractivity contribution in [3.63, 3.8) is 0 Å². The van der Waals surface area contributed by atoms with Gasteiger partial charge in [0.25, 0.3) is 15.2 Å². The number of nitrogens with two attached hydrogens (primary N) is 1. The molecule has 17 heavy (non-hydrogen) atoms. The third kappa shape index (κ3) is 5.10. The number of aromatic amines is 1. The zero-order chi connectivity index (χ0) is 13.1. The minimum Gasteiger partial charge on any atom is -0.372 e. The van der Waals surface area contributed by atoms with Crippen molar-refractivity contribution in [3.05, 3.63) is 5.82 Å². The van der Waals surface area contributed by atoms with E-state index in [4.69, 9.17) is 5.14 Å². The SMILES string of the molecule is NS(=O)(=O)c1n[nH]c(CCOCC(F)(F)F)n1. The Kier molecular flexibility index (Phi) is 4.06. The van der Waals surface area contributed by atoms with E-state index in [9.17, 15) is 21.6 Å². The van der Waals surface area contributed by atoms with Crippen molar-refractivity contribution < 1.29 is 26.3 Å². The number of rotatable bonds is 5. The summed E-state index contributed by atoms with van der Waals surface area (Å²) >= 11 is 0. The van der Waals surface area contributed by atoms with Gasteiger partial charge in [0.1, 0.15) is 12.4 Å². The largest absolute Gasteiger partial charge is 0.411 e. The van der Waals surface area contributed by atoms with Crippen LogP contribution in [0.5, 0.6) is 0 Å². The topological polar surface area (TPSA) is 111 Å². The monoisotopic (exact) mass is 274 g/mol. The highest BCUT2D eigenvalue weighted by molar-refractivity contribution is 7.89. The molecule has 1 aromatic rings. The average Bonchev–Trinajstić information content (AvgIpc) is 2.58. The summed E-state index contributed by atoms with van der Waals surface area (Å²) in [4.78, 5) is 3.47. The first-order valence-corrected chi connectivity index (χ1v) is 5.82. The van der Waals surface area contributed by atoms with E-state index >= 15 is 0 Å². The number of ether oxygens (including phenoxy) is 1. The number of aromatic nitrogens is 3. The summed E-state index contributed by atoms with van der Waals surface area (Å²) < 4.78 is 60.9. The smallest absolute Gasteiger partial charge is 0.372 e. The normalized spacial score (nSPS) is 12.9. The first-order valence-electron chi connectivity index (χ1n) is 4.27. The van der Waals surface area contributed by atoms with E-state index in [0.717, 1.165) is 0 Å². The zero-order valence-corrected chi connectivity index (χ0v) is 9.18. The fourth-order valence-corrected chi connectivity index (χ4v) is 1.28. The van der Waals surface area contributed by atoms with E-state index in [1.54, 1.807) is 0 Å². The van der Waals surface area contributed by atoms with Gasteiger partial charge in [0.2, 0.25) is 0 Å². The lowest BCUT2D eigenvalue weighted by atomic mass is 10.4. The van der Waals surface area contributed by atoms with Crippen molar-refractivity contribution in [2.24, 2.45) is 5.14 Å². The first-order chi connectivity index (χ1) is 7.68. The van der Waals surface area contributed by atoms with Crippen molar-refractivity contribution in [2.75, 3.05) is 13.2 Å². The Hall–Kier alpha value is -1.20. The molecule has 3 N–H and O–H groups in total. The van der Waals surface area contributed by atoms with E-state index in [2.05, 4.69) is 19.9 Å². The molecule has 0 aliphatic carbocycles. The van der Waals surface area contributed by atoms with Gasteiger partial charge in [-0.15, -0.1) is 5.10 Å². The summed E-state index contributed by atoms with van der Waals surface area (Å²) in [5.74, 6) is 0.0798. The molecule has 0 aliphatic rings. The number of halogens is 3. The van der Waals surface area contributed by atoms with Gasteiger partial charge in [0, 0.05) is 6.42 Å². The van der Waals surface area contributed by atoms with Crippen LogP contribution < -0.4 is 5.14 Å². The number of nitrogens with one attached hydrogen (secondary N) is 1. The number of alkyl halides is 3. The number of nitrogens with zero attached hydrogens (tertiary/aromatic N) is 2. The summed E-state index contributed by atoms with van der Waals surface area (Å²) in [7, 11) is -4.01. The summed E-state index contributed by atoms with van der Waals surface area (Å²) in [5.41, 5.74) is 0. The van der Waals surface area contributed by atoms with E-state index in [0.29, 0.717) is 0 Å². The molecule has 0 aliphatic heterocycles. The van der Waals surface area contributed by atoms with Gasteiger partial charge in [-0.05, 0) is 0 Å². The standard InChI is InChI=1S/C6H9F3N4O3S/c7-6(8,9)3-16-2-1-4-11-5(13-12-4)17(10,14)15/h1-3H2,(H2,10,14,15)(H,11,12,13). The van der Waals surface area contributed by atoms with Gasteiger partial charge in [-0.2, -0.15) is 13.2 Å². The van der Waals surface area contributed by atoms with Crippen LogP contribution >= 0.6 is 0 Å². The van der Waals surface area contributed by atoms with Crippen LogP contribution in [0.2, 0.25) is 0 Å². The molecular formula is C6H9F3N4O3S. The molecule has 0 radical (unpaired) electrons. The quantitative estimate of drug-likeness (QED) is 0.708. The van der Waals surface area contributed by atoms with Crippen LogP contribution in [-0.4, -0.2) is 43.0 Å². The van der Waals surface area contributed by atoms with Crippen LogP contribution in [-0.2, 0) is 21.2 Å². The van der Waals surface area contributed by atoms with Crippen LogP contribution in [0.3, 0.4) is 0 Å². The lowest BCUT2D eigenvalue weighted by Gasteiger charge is -2.05. The maximum absolute atomic E-state index is 11.7. The van der Waals surface area contributed by atoms with Crippen LogP contribution in [0.15, 0.2) is 5.16 Å². The molecule has 0 fully saturated rings. The van der Waals surface area contributed by atoms with Gasteiger partial charge < -0.3 is 4.74 Å². The highest BCUT2D eigenvalue weighted by Gasteiger charge is 2.27. The molecule has 0 saturated carbocycles. The molecular weight excluding hydrogens is 265 g/mol. The number of hydrogen-bond donors (Lipinski definition) is 2. The number of H-pyrrole nitrogens is 1. The Balaban J connectivity index is 2.41. The number of primary sulfonamides is 1. The second-order valence-electron chi connectivity index (χ2n) is 3.03. The third-order valence-corrected chi connectivity index (χ3v) is 2.21. The van der Waals surface area contributed by atoms with Gasteiger partial charge in [0.15, 0.2) is 0 Å². The molecule has 11 heteroatoms. The van der Waals surface area contributed by atoms with E-state index in [1.807, 2.05) is 0 Å². The van der Waals surface area contributed by atoms with Gasteiger partial charge in [0.05, 0.1) is 6.61 Å². The number of sulfonamides is 1. The first kappa shape index (κ1) is 13.9. The summed E-state index contributed by atoms with van der Waals surface area (Å²) in [6.45, 7) is -1.64. The molecule has 0 spiro atoms. The summed E-state index contributed by atoms with van der Waals surface area (Å²) in [6, 6.07) is 0. The third-order valence-electron chi connectivity index (χ3n) is 1.51. The van der Waals surface area contributed by atoms with E-state index in [1.165, 1.54) is 0 Å². The van der Waals surface area contributed by atoms with Gasteiger partial charge >= 0.3 is 6.18 Å². The summed E-state index contributed by atoms with van der Waals surface area (Å²) in [6.07, 6.45) is -4.42. The highest BCUT2D eigenvalue weighted by atomic mass is 32.2. The van der Waals surface area contributed by atoms with Gasteiger partial charge in [-0.3, -0.25) is 5.10 Å². The minimum absolute atomic E-state index is 0.0292. The summed E-state index contributed by atoms with van der Waals surface area (Å²) in [5, 5.41) is 9.64. The van der Waals surface area contributed by atoms with Crippen molar-refractivity contribution in [1.82, 2.24) is 15.2 Å². The van der Waals surface area contributed by atoms with E-state index < -0.39 is 28.0 Å². The molecule has 0 aromatic carbocycles. The predicted octanol–water partition coefficient (Wildman–Crippen LogP) is -0.426. The van der Waals surface area contributed by atoms with Crippen LogP contribution in [0, 0.1) is 0 Å². The Morgan fingerprint density at radius 2 is 2.06 bits per heavy atom. The Morgan fingerprint density at radius 3 is 2.53 bits per heavy atom. The number of hydrogen-bond acceptors (Lipinski definition) is 5. The average molecular weight is 274 g/mol. The maximum Gasteiger partial charge on any atom is 0.411 e. The molecule has 0 bridgehead atoms. The predicted molar refractivity (Wildman–Crippen MR) is 48.3 cm³/mol. The maximum atomic E-state index is 11.7. The molecule has 0 amide bonds. The lowest BCUT2D eigenvalue weighted by molar-refractivity contribution is -0.173. The molecule has 0 saturated heterocycles. The second-order valence-corrected chi connectivity index (χ2v) is 4.48.